The number of fused-ring (bicyclic) bond motifs is 2. The monoisotopic (exact) mass is 534 g/mol. The van der Waals surface area contributed by atoms with E-state index in [4.69, 9.17) is 14.2 Å². The Bertz CT molecular complexity index is 1360. The maximum Gasteiger partial charge on any atom is 0.256 e. The Balaban J connectivity index is 1.12. The molecule has 0 spiro atoms. The predicted octanol–water partition coefficient (Wildman–Crippen LogP) is 4.78. The van der Waals surface area contributed by atoms with Crippen LogP contribution in [0.1, 0.15) is 48.3 Å². The van der Waals surface area contributed by atoms with Crippen molar-refractivity contribution in [2.24, 2.45) is 0 Å². The molecule has 2 aliphatic heterocycles. The normalized spacial score (nSPS) is 16.3. The summed E-state index contributed by atoms with van der Waals surface area (Å²) < 4.78 is 30.5. The summed E-state index contributed by atoms with van der Waals surface area (Å²) in [7, 11) is 1.53. The lowest BCUT2D eigenvalue weighted by molar-refractivity contribution is -0.119. The molecule has 1 unspecified atom stereocenters. The highest BCUT2D eigenvalue weighted by Gasteiger charge is 2.39. The molecule has 2 aliphatic rings. The van der Waals surface area contributed by atoms with Crippen LogP contribution in [0.15, 0.2) is 42.5 Å². The summed E-state index contributed by atoms with van der Waals surface area (Å²) in [5.41, 5.74) is 2.33. The van der Waals surface area contributed by atoms with E-state index in [0.29, 0.717) is 66.3 Å². The first-order valence-corrected chi connectivity index (χ1v) is 13.1. The van der Waals surface area contributed by atoms with Gasteiger partial charge in [0.05, 0.1) is 37.3 Å². The zero-order chi connectivity index (χ0) is 27.4. The fraction of sp³-hybridized carbons (Fsp3) is 0.379. The van der Waals surface area contributed by atoms with Gasteiger partial charge in [0.15, 0.2) is 11.5 Å². The molecular formula is C29H31FN4O5. The molecule has 1 saturated heterocycles. The number of hydrogen-bond donors (Lipinski definition) is 1. The Morgan fingerprint density at radius 3 is 2.54 bits per heavy atom. The number of benzene rings is 2. The molecule has 1 atom stereocenters. The van der Waals surface area contributed by atoms with Crippen LogP contribution in [0.2, 0.25) is 0 Å². The topological polar surface area (TPSA) is 103 Å². The minimum Gasteiger partial charge on any atom is -0.493 e. The molecule has 5 rings (SSSR count). The number of aromatic nitrogens is 2. The number of nitrogens with zero attached hydrogens (tertiary/aromatic N) is 3. The number of amides is 2. The minimum atomic E-state index is -0.428. The van der Waals surface area contributed by atoms with E-state index in [1.165, 1.54) is 19.2 Å². The molecule has 0 bridgehead atoms. The number of ether oxygens (including phenoxy) is 3. The molecule has 10 heteroatoms. The lowest BCUT2D eigenvalue weighted by Crippen LogP contribution is -2.40. The number of carbonyl (C=O) groups excluding carboxylic acids is 2. The van der Waals surface area contributed by atoms with Crippen molar-refractivity contribution in [1.82, 2.24) is 14.9 Å². The molecule has 2 aromatic carbocycles. The number of methoxy groups -OCH3 is 1. The Morgan fingerprint density at radius 2 is 1.77 bits per heavy atom. The number of halogens is 1. The third-order valence-electron chi connectivity index (χ3n) is 6.86. The largest absolute Gasteiger partial charge is 0.493 e. The number of carbonyl (C=O) groups is 2. The van der Waals surface area contributed by atoms with Gasteiger partial charge in [-0.15, -0.1) is 0 Å². The third kappa shape index (κ3) is 5.94. The van der Waals surface area contributed by atoms with Crippen molar-refractivity contribution in [2.45, 2.75) is 45.1 Å². The van der Waals surface area contributed by atoms with E-state index >= 15 is 0 Å². The molecular weight excluding hydrogens is 503 g/mol. The second-order valence-electron chi connectivity index (χ2n) is 9.60. The van der Waals surface area contributed by atoms with Gasteiger partial charge in [0.2, 0.25) is 11.8 Å². The third-order valence-corrected chi connectivity index (χ3v) is 6.86. The molecule has 1 aromatic heterocycles. The average Bonchev–Trinajstić information content (AvgIpc) is 3.39. The number of hydrogen-bond acceptors (Lipinski definition) is 7. The zero-order valence-corrected chi connectivity index (χ0v) is 22.0. The van der Waals surface area contributed by atoms with E-state index in [2.05, 4.69) is 15.3 Å². The van der Waals surface area contributed by atoms with Crippen LogP contribution in [0.25, 0.3) is 11.3 Å². The van der Waals surface area contributed by atoms with Gasteiger partial charge in [-0.05, 0) is 69.4 Å². The summed E-state index contributed by atoms with van der Waals surface area (Å²) >= 11 is 0. The SMILES string of the molecule is COc1cc2c(cc1OCCCCCOc1cc(-c3ccc(F)cc3)nc(C)n1)NC(=O)C1CCCN1C2=O. The molecule has 2 amide bonds. The molecule has 1 N–H and O–H groups in total. The van der Waals surface area contributed by atoms with Crippen molar-refractivity contribution in [3.8, 4) is 28.6 Å². The van der Waals surface area contributed by atoms with Crippen LogP contribution in [-0.4, -0.2) is 59.6 Å². The van der Waals surface area contributed by atoms with Gasteiger partial charge in [0, 0.05) is 24.2 Å². The van der Waals surface area contributed by atoms with Crippen molar-refractivity contribution in [3.05, 3.63) is 59.7 Å². The number of aryl methyl sites for hydroxylation is 1. The standard InChI is InChI=1S/C29H31FN4O5/c1-18-31-22(19-8-10-20(30)11-9-19)17-27(32-18)39-14-5-3-4-13-38-26-16-23-21(15-25(26)37-2)29(36)34-12-6-7-24(34)28(35)33-23/h8-11,15-17,24H,3-7,12-14H2,1-2H3,(H,33,35). The Labute approximate surface area is 226 Å². The van der Waals surface area contributed by atoms with E-state index in [9.17, 15) is 14.0 Å². The lowest BCUT2D eigenvalue weighted by Gasteiger charge is -2.20. The molecule has 9 nitrogen and oxygen atoms in total. The van der Waals surface area contributed by atoms with Crippen molar-refractivity contribution in [2.75, 3.05) is 32.2 Å². The molecule has 1 fully saturated rings. The van der Waals surface area contributed by atoms with Gasteiger partial charge in [-0.2, -0.15) is 4.98 Å². The van der Waals surface area contributed by atoms with Crippen LogP contribution >= 0.6 is 0 Å². The second kappa shape index (κ2) is 11.7. The maximum absolute atomic E-state index is 13.2. The van der Waals surface area contributed by atoms with Crippen LogP contribution < -0.4 is 19.5 Å². The van der Waals surface area contributed by atoms with Gasteiger partial charge in [-0.25, -0.2) is 9.37 Å². The van der Waals surface area contributed by atoms with Gasteiger partial charge < -0.3 is 24.4 Å². The van der Waals surface area contributed by atoms with Gasteiger partial charge in [0.1, 0.15) is 17.7 Å². The maximum atomic E-state index is 13.2. The molecule has 3 aromatic rings. The molecule has 3 heterocycles. The smallest absolute Gasteiger partial charge is 0.256 e. The van der Waals surface area contributed by atoms with Gasteiger partial charge in [0.25, 0.3) is 5.91 Å². The highest BCUT2D eigenvalue weighted by atomic mass is 19.1. The van der Waals surface area contributed by atoms with Crippen LogP contribution in [0.4, 0.5) is 10.1 Å². The molecule has 0 aliphatic carbocycles. The molecule has 0 saturated carbocycles. The van der Waals surface area contributed by atoms with E-state index in [1.807, 2.05) is 0 Å². The summed E-state index contributed by atoms with van der Waals surface area (Å²) in [5.74, 6) is 1.35. The van der Waals surface area contributed by atoms with Crippen LogP contribution in [0.3, 0.4) is 0 Å². The number of anilines is 1. The van der Waals surface area contributed by atoms with Gasteiger partial charge >= 0.3 is 0 Å². The van der Waals surface area contributed by atoms with E-state index in [-0.39, 0.29) is 17.6 Å². The van der Waals surface area contributed by atoms with Crippen LogP contribution in [0, 0.1) is 12.7 Å². The lowest BCUT2D eigenvalue weighted by atomic mass is 10.1. The summed E-state index contributed by atoms with van der Waals surface area (Å²) in [6, 6.07) is 10.8. The average molecular weight is 535 g/mol. The Morgan fingerprint density at radius 1 is 1.00 bits per heavy atom. The summed E-state index contributed by atoms with van der Waals surface area (Å²) in [5, 5.41) is 2.89. The van der Waals surface area contributed by atoms with Crippen molar-refractivity contribution >= 4 is 17.5 Å². The first kappa shape index (κ1) is 26.4. The Kier molecular flexibility index (Phi) is 7.90. The van der Waals surface area contributed by atoms with Crippen molar-refractivity contribution in [1.29, 1.82) is 0 Å². The summed E-state index contributed by atoms with van der Waals surface area (Å²) in [4.78, 5) is 36.1. The summed E-state index contributed by atoms with van der Waals surface area (Å²) in [6.45, 7) is 3.28. The predicted molar refractivity (Wildman–Crippen MR) is 143 cm³/mol. The van der Waals surface area contributed by atoms with E-state index in [1.54, 1.807) is 42.2 Å². The highest BCUT2D eigenvalue weighted by molar-refractivity contribution is 6.10. The van der Waals surface area contributed by atoms with E-state index < -0.39 is 6.04 Å². The first-order chi connectivity index (χ1) is 18.9. The number of unbranched alkanes of at least 4 members (excludes halogenated alkanes) is 2. The first-order valence-electron chi connectivity index (χ1n) is 13.1. The highest BCUT2D eigenvalue weighted by Crippen LogP contribution is 2.37. The summed E-state index contributed by atoms with van der Waals surface area (Å²) in [6.07, 6.45) is 3.91. The van der Waals surface area contributed by atoms with Gasteiger partial charge in [-0.3, -0.25) is 9.59 Å². The van der Waals surface area contributed by atoms with Crippen molar-refractivity contribution in [3.63, 3.8) is 0 Å². The van der Waals surface area contributed by atoms with E-state index in [0.717, 1.165) is 31.2 Å². The fourth-order valence-corrected chi connectivity index (χ4v) is 4.89. The number of nitrogens with one attached hydrogen (secondary N) is 1. The number of rotatable bonds is 10. The zero-order valence-electron chi connectivity index (χ0n) is 22.0. The fourth-order valence-electron chi connectivity index (χ4n) is 4.89. The van der Waals surface area contributed by atoms with Crippen molar-refractivity contribution < 1.29 is 28.2 Å². The molecule has 0 radical (unpaired) electrons. The second-order valence-corrected chi connectivity index (χ2v) is 9.60. The molecule has 39 heavy (non-hydrogen) atoms. The van der Waals surface area contributed by atoms with Crippen LogP contribution in [-0.2, 0) is 4.79 Å². The quantitative estimate of drug-likeness (QED) is 0.373. The molecule has 204 valence electrons. The van der Waals surface area contributed by atoms with Gasteiger partial charge in [-0.1, -0.05) is 0 Å². The van der Waals surface area contributed by atoms with Crippen LogP contribution in [0.5, 0.6) is 17.4 Å². The minimum absolute atomic E-state index is 0.167. The Hall–Kier alpha value is -4.21.